The number of allylic oxidation sites excluding steroid dienone is 1. The fourth-order valence-corrected chi connectivity index (χ4v) is 2.83. The number of nitrogens with one attached hydrogen (secondary N) is 1. The molecule has 0 amide bonds. The molecule has 0 spiro atoms. The highest BCUT2D eigenvalue weighted by atomic mass is 35.5. The molecule has 0 unspecified atom stereocenters. The summed E-state index contributed by atoms with van der Waals surface area (Å²) in [6.45, 7) is 0. The van der Waals surface area contributed by atoms with Crippen LogP contribution in [0.1, 0.15) is 11.4 Å². The van der Waals surface area contributed by atoms with Gasteiger partial charge < -0.3 is 4.98 Å². The highest BCUT2D eigenvalue weighted by molar-refractivity contribution is 6.44. The predicted octanol–water partition coefficient (Wildman–Crippen LogP) is 4.95. The van der Waals surface area contributed by atoms with E-state index in [-0.39, 0.29) is 22.0 Å². The molecule has 0 aliphatic rings. The fourth-order valence-electron chi connectivity index (χ4n) is 2.19. The zero-order valence-electron chi connectivity index (χ0n) is 12.0. The molecule has 3 rings (SSSR count). The molecule has 1 N–H and O–H groups in total. The molecule has 2 aromatic carbocycles. The van der Waals surface area contributed by atoms with E-state index in [1.165, 1.54) is 6.08 Å². The van der Waals surface area contributed by atoms with Crippen molar-refractivity contribution in [3.8, 4) is 6.07 Å². The van der Waals surface area contributed by atoms with Crippen molar-refractivity contribution in [3.63, 3.8) is 0 Å². The Balaban J connectivity index is 2.23. The summed E-state index contributed by atoms with van der Waals surface area (Å²) in [5.41, 5.74) is 0.655. The number of fused-ring (bicyclic) bond motifs is 1. The first-order chi connectivity index (χ1) is 11.5. The number of aromatic amines is 1. The van der Waals surface area contributed by atoms with Gasteiger partial charge in [0.2, 0.25) is 0 Å². The van der Waals surface area contributed by atoms with Crippen LogP contribution in [0.4, 0.5) is 0 Å². The van der Waals surface area contributed by atoms with Crippen molar-refractivity contribution in [2.45, 2.75) is 0 Å². The number of para-hydroxylation sites is 1. The van der Waals surface area contributed by atoms with E-state index in [0.29, 0.717) is 26.5 Å². The van der Waals surface area contributed by atoms with E-state index in [9.17, 15) is 10.1 Å². The van der Waals surface area contributed by atoms with Gasteiger partial charge in [-0.3, -0.25) is 4.79 Å². The van der Waals surface area contributed by atoms with Crippen molar-refractivity contribution < 1.29 is 0 Å². The average molecular weight is 377 g/mol. The Bertz CT molecular complexity index is 1080. The van der Waals surface area contributed by atoms with E-state index < -0.39 is 0 Å². The van der Waals surface area contributed by atoms with Gasteiger partial charge in [0, 0.05) is 10.6 Å². The van der Waals surface area contributed by atoms with Crippen molar-refractivity contribution in [3.05, 3.63) is 73.2 Å². The topological polar surface area (TPSA) is 69.5 Å². The monoisotopic (exact) mass is 375 g/mol. The number of aromatic nitrogens is 2. The maximum atomic E-state index is 12.2. The van der Waals surface area contributed by atoms with Crippen LogP contribution >= 0.6 is 34.8 Å². The number of hydrogen-bond acceptors (Lipinski definition) is 3. The molecule has 0 saturated heterocycles. The van der Waals surface area contributed by atoms with Gasteiger partial charge in [-0.2, -0.15) is 5.26 Å². The summed E-state index contributed by atoms with van der Waals surface area (Å²) in [5.74, 6) is 0.133. The summed E-state index contributed by atoms with van der Waals surface area (Å²) in [6.07, 6.45) is 1.45. The third kappa shape index (κ3) is 3.02. The molecule has 1 aromatic heterocycles. The molecule has 24 heavy (non-hydrogen) atoms. The summed E-state index contributed by atoms with van der Waals surface area (Å²) < 4.78 is 0. The molecule has 118 valence electrons. The van der Waals surface area contributed by atoms with Crippen molar-refractivity contribution in [2.24, 2.45) is 0 Å². The normalized spacial score (nSPS) is 11.5. The van der Waals surface area contributed by atoms with Gasteiger partial charge in [0.1, 0.15) is 6.07 Å². The van der Waals surface area contributed by atoms with Gasteiger partial charge in [0.15, 0.2) is 5.82 Å². The Morgan fingerprint density at radius 2 is 1.83 bits per heavy atom. The van der Waals surface area contributed by atoms with E-state index in [2.05, 4.69) is 9.97 Å². The number of nitriles is 1. The first kappa shape index (κ1) is 16.5. The Labute approximate surface area is 151 Å². The molecule has 0 bridgehead atoms. The Morgan fingerprint density at radius 3 is 2.58 bits per heavy atom. The third-order valence-corrected chi connectivity index (χ3v) is 4.51. The molecule has 0 saturated carbocycles. The van der Waals surface area contributed by atoms with Crippen LogP contribution in [0.5, 0.6) is 0 Å². The van der Waals surface area contributed by atoms with Crippen LogP contribution in [0, 0.1) is 11.3 Å². The summed E-state index contributed by atoms with van der Waals surface area (Å²) in [4.78, 5) is 19.1. The Hall–Kier alpha value is -2.32. The molecular formula is C17H8Cl3N3O. The van der Waals surface area contributed by atoms with E-state index >= 15 is 0 Å². The lowest BCUT2D eigenvalue weighted by Crippen LogP contribution is -2.11. The molecular weight excluding hydrogens is 369 g/mol. The first-order valence-electron chi connectivity index (χ1n) is 6.76. The average Bonchev–Trinajstić information content (AvgIpc) is 2.58. The van der Waals surface area contributed by atoms with Gasteiger partial charge in [-0.25, -0.2) is 4.98 Å². The molecule has 1 heterocycles. The largest absolute Gasteiger partial charge is 0.305 e. The minimum Gasteiger partial charge on any atom is -0.305 e. The highest BCUT2D eigenvalue weighted by Crippen LogP contribution is 2.33. The molecule has 7 heteroatoms. The lowest BCUT2D eigenvalue weighted by molar-refractivity contribution is 1.13. The molecule has 0 fully saturated rings. The van der Waals surface area contributed by atoms with Gasteiger partial charge in [-0.15, -0.1) is 0 Å². The summed E-state index contributed by atoms with van der Waals surface area (Å²) in [6, 6.07) is 12.0. The van der Waals surface area contributed by atoms with Crippen molar-refractivity contribution in [1.82, 2.24) is 9.97 Å². The van der Waals surface area contributed by atoms with Crippen molar-refractivity contribution in [1.29, 1.82) is 5.26 Å². The number of benzene rings is 2. The summed E-state index contributed by atoms with van der Waals surface area (Å²) in [5, 5.41) is 10.8. The van der Waals surface area contributed by atoms with E-state index in [1.807, 2.05) is 6.07 Å². The molecule has 0 atom stereocenters. The fraction of sp³-hybridized carbons (Fsp3) is 0. The van der Waals surface area contributed by atoms with Gasteiger partial charge in [0.25, 0.3) is 5.56 Å². The number of hydrogen-bond donors (Lipinski definition) is 1. The number of rotatable bonds is 2. The van der Waals surface area contributed by atoms with E-state index in [4.69, 9.17) is 34.8 Å². The maximum Gasteiger partial charge on any atom is 0.259 e. The Kier molecular flexibility index (Phi) is 4.59. The zero-order valence-corrected chi connectivity index (χ0v) is 14.2. The van der Waals surface area contributed by atoms with Crippen LogP contribution in [0.15, 0.2) is 41.2 Å². The van der Waals surface area contributed by atoms with Gasteiger partial charge in [-0.05, 0) is 30.3 Å². The molecule has 0 aliphatic heterocycles. The molecule has 3 aromatic rings. The van der Waals surface area contributed by atoms with Crippen molar-refractivity contribution >= 4 is 57.4 Å². The van der Waals surface area contributed by atoms with Crippen LogP contribution in [-0.4, -0.2) is 9.97 Å². The molecule has 4 nitrogen and oxygen atoms in total. The standard InChI is InChI=1S/C17H8Cl3N3O/c18-12-5-6-13(19)15(20)11(12)7-9(8-21)16-22-14-4-2-1-3-10(14)17(24)23-16/h1-7H,(H,22,23,24). The predicted molar refractivity (Wildman–Crippen MR) is 97.3 cm³/mol. The van der Waals surface area contributed by atoms with Crippen LogP contribution in [-0.2, 0) is 0 Å². The minimum absolute atomic E-state index is 0.115. The quantitative estimate of drug-likeness (QED) is 0.508. The smallest absolute Gasteiger partial charge is 0.259 e. The second-order valence-corrected chi connectivity index (χ2v) is 6.05. The number of halogens is 3. The van der Waals surface area contributed by atoms with Gasteiger partial charge in [-0.1, -0.05) is 46.9 Å². The molecule has 0 aliphatic carbocycles. The zero-order chi connectivity index (χ0) is 17.3. The number of H-pyrrole nitrogens is 1. The highest BCUT2D eigenvalue weighted by Gasteiger charge is 2.12. The molecule has 0 radical (unpaired) electrons. The minimum atomic E-state index is -0.333. The van der Waals surface area contributed by atoms with Gasteiger partial charge >= 0.3 is 0 Å². The first-order valence-corrected chi connectivity index (χ1v) is 7.89. The second-order valence-electron chi connectivity index (χ2n) is 4.86. The maximum absolute atomic E-state index is 12.2. The van der Waals surface area contributed by atoms with Crippen LogP contribution < -0.4 is 5.56 Å². The van der Waals surface area contributed by atoms with Crippen molar-refractivity contribution in [2.75, 3.05) is 0 Å². The second kappa shape index (κ2) is 6.66. The van der Waals surface area contributed by atoms with Crippen LogP contribution in [0.25, 0.3) is 22.6 Å². The van der Waals surface area contributed by atoms with E-state index in [1.54, 1.807) is 36.4 Å². The van der Waals surface area contributed by atoms with Crippen LogP contribution in [0.3, 0.4) is 0 Å². The lowest BCUT2D eigenvalue weighted by atomic mass is 10.1. The number of nitrogens with zero attached hydrogens (tertiary/aromatic N) is 2. The summed E-state index contributed by atoms with van der Waals surface area (Å²) >= 11 is 18.3. The summed E-state index contributed by atoms with van der Waals surface area (Å²) in [7, 11) is 0. The van der Waals surface area contributed by atoms with Gasteiger partial charge in [0.05, 0.1) is 26.5 Å². The van der Waals surface area contributed by atoms with Crippen LogP contribution in [0.2, 0.25) is 15.1 Å². The lowest BCUT2D eigenvalue weighted by Gasteiger charge is -2.06. The van der Waals surface area contributed by atoms with E-state index in [0.717, 1.165) is 0 Å². The Morgan fingerprint density at radius 1 is 1.12 bits per heavy atom. The third-order valence-electron chi connectivity index (χ3n) is 3.36. The SMILES string of the molecule is N#CC(=Cc1c(Cl)ccc(Cl)c1Cl)c1nc2ccccc2c(=O)[nH]1.